The monoisotopic (exact) mass is 405 g/mol. The van der Waals surface area contributed by atoms with Crippen LogP contribution in [0.25, 0.3) is 0 Å². The van der Waals surface area contributed by atoms with Crippen LogP contribution >= 0.6 is 0 Å². The molecule has 0 radical (unpaired) electrons. The molecule has 1 fully saturated rings. The van der Waals surface area contributed by atoms with Gasteiger partial charge in [-0.15, -0.1) is 0 Å². The molecule has 1 saturated heterocycles. The fraction of sp³-hybridized carbons (Fsp3) is 0.895. The molecule has 1 amide bonds. The summed E-state index contributed by atoms with van der Waals surface area (Å²) in [5, 5.41) is 41.2. The standard InChI is InChI=1S/C19H35NO8/c1-12(13(2)22)7-3-5-9-20-15(23)8-4-6-10-27-19-18(26)17(25)16(24)14(11-21)28-19/h12,14,16-19,21,24-26H,3-11H2,1-2H3,(H,20,23)/t12-,14?,16?,17?,18?,19?/m1/s1. The Kier molecular flexibility index (Phi) is 11.7. The lowest BCUT2D eigenvalue weighted by molar-refractivity contribution is -0.301. The summed E-state index contributed by atoms with van der Waals surface area (Å²) < 4.78 is 10.6. The highest BCUT2D eigenvalue weighted by Gasteiger charge is 2.43. The molecule has 5 N–H and O–H groups in total. The molecule has 6 atom stereocenters. The Balaban J connectivity index is 2.09. The van der Waals surface area contributed by atoms with Gasteiger partial charge in [-0.1, -0.05) is 13.3 Å². The van der Waals surface area contributed by atoms with Crippen LogP contribution in [0.1, 0.15) is 52.4 Å². The van der Waals surface area contributed by atoms with Gasteiger partial charge in [-0.2, -0.15) is 0 Å². The summed E-state index contributed by atoms with van der Waals surface area (Å²) in [6.07, 6.45) is -2.35. The van der Waals surface area contributed by atoms with Gasteiger partial charge in [0.05, 0.1) is 6.61 Å². The van der Waals surface area contributed by atoms with Crippen LogP contribution < -0.4 is 5.32 Å². The van der Waals surface area contributed by atoms with Crippen molar-refractivity contribution in [2.24, 2.45) is 5.92 Å². The topological polar surface area (TPSA) is 146 Å². The van der Waals surface area contributed by atoms with Crippen molar-refractivity contribution in [2.75, 3.05) is 19.8 Å². The summed E-state index contributed by atoms with van der Waals surface area (Å²) in [5.41, 5.74) is 0. The zero-order valence-corrected chi connectivity index (χ0v) is 16.7. The molecule has 5 unspecified atom stereocenters. The quantitative estimate of drug-likeness (QED) is 0.258. The summed E-state index contributed by atoms with van der Waals surface area (Å²) in [6, 6.07) is 0. The second kappa shape index (κ2) is 13.2. The first-order chi connectivity index (χ1) is 13.3. The molecule has 0 spiro atoms. The molecule has 1 aliphatic rings. The molecule has 0 aromatic carbocycles. The van der Waals surface area contributed by atoms with Gasteiger partial charge in [-0.05, 0) is 32.6 Å². The molecule has 0 aromatic rings. The molecule has 0 aliphatic carbocycles. The van der Waals surface area contributed by atoms with E-state index in [1.54, 1.807) is 6.92 Å². The molecule has 9 nitrogen and oxygen atoms in total. The minimum absolute atomic E-state index is 0.0487. The van der Waals surface area contributed by atoms with Crippen LogP contribution in [0.2, 0.25) is 0 Å². The highest BCUT2D eigenvalue weighted by molar-refractivity contribution is 5.77. The number of unbranched alkanes of at least 4 members (excludes halogenated alkanes) is 2. The van der Waals surface area contributed by atoms with Crippen molar-refractivity contribution < 1.29 is 39.5 Å². The van der Waals surface area contributed by atoms with E-state index in [2.05, 4.69) is 5.32 Å². The zero-order valence-electron chi connectivity index (χ0n) is 16.7. The number of carbonyl (C=O) groups excluding carboxylic acids is 2. The van der Waals surface area contributed by atoms with E-state index in [0.29, 0.717) is 25.8 Å². The van der Waals surface area contributed by atoms with Gasteiger partial charge in [0, 0.05) is 25.5 Å². The third kappa shape index (κ3) is 8.50. The minimum Gasteiger partial charge on any atom is -0.394 e. The molecule has 1 heterocycles. The number of nitrogens with one attached hydrogen (secondary N) is 1. The van der Waals surface area contributed by atoms with E-state index in [0.717, 1.165) is 19.3 Å². The number of aliphatic hydroxyl groups excluding tert-OH is 4. The van der Waals surface area contributed by atoms with E-state index >= 15 is 0 Å². The van der Waals surface area contributed by atoms with Crippen LogP contribution in [0, 0.1) is 5.92 Å². The van der Waals surface area contributed by atoms with E-state index < -0.39 is 37.3 Å². The predicted octanol–water partition coefficient (Wildman–Crippen LogP) is -0.515. The lowest BCUT2D eigenvalue weighted by Crippen LogP contribution is -2.59. The molecule has 1 rings (SSSR count). The summed E-state index contributed by atoms with van der Waals surface area (Å²) in [6.45, 7) is 3.79. The Labute approximate surface area is 166 Å². The smallest absolute Gasteiger partial charge is 0.219 e. The number of carbonyl (C=O) groups is 2. The number of aliphatic hydroxyl groups is 4. The second-order valence-electron chi connectivity index (χ2n) is 7.38. The van der Waals surface area contributed by atoms with E-state index in [-0.39, 0.29) is 24.2 Å². The van der Waals surface area contributed by atoms with Crippen molar-refractivity contribution in [3.05, 3.63) is 0 Å². The first-order valence-electron chi connectivity index (χ1n) is 9.97. The van der Waals surface area contributed by atoms with E-state index in [9.17, 15) is 24.9 Å². The number of hydrogen-bond donors (Lipinski definition) is 5. The van der Waals surface area contributed by atoms with Gasteiger partial charge in [0.1, 0.15) is 30.2 Å². The number of amides is 1. The van der Waals surface area contributed by atoms with Crippen LogP contribution in [-0.4, -0.2) is 82.6 Å². The minimum atomic E-state index is -1.46. The summed E-state index contributed by atoms with van der Waals surface area (Å²) >= 11 is 0. The molecule has 28 heavy (non-hydrogen) atoms. The zero-order chi connectivity index (χ0) is 21.1. The predicted molar refractivity (Wildman–Crippen MR) is 100 cm³/mol. The largest absolute Gasteiger partial charge is 0.394 e. The maximum absolute atomic E-state index is 11.8. The lowest BCUT2D eigenvalue weighted by Gasteiger charge is -2.39. The average Bonchev–Trinajstić information content (AvgIpc) is 2.66. The van der Waals surface area contributed by atoms with Crippen LogP contribution in [-0.2, 0) is 19.1 Å². The molecular weight excluding hydrogens is 370 g/mol. The molecule has 9 heteroatoms. The SMILES string of the molecule is CC(=O)[C@H](C)CCCCNC(=O)CCCCOC1OC(CO)C(O)C(O)C1O. The van der Waals surface area contributed by atoms with Crippen molar-refractivity contribution in [2.45, 2.75) is 83.1 Å². The van der Waals surface area contributed by atoms with Crippen molar-refractivity contribution in [3.63, 3.8) is 0 Å². The van der Waals surface area contributed by atoms with Gasteiger partial charge in [0.2, 0.25) is 5.91 Å². The van der Waals surface area contributed by atoms with Gasteiger partial charge in [-0.3, -0.25) is 9.59 Å². The Morgan fingerprint density at radius 3 is 2.43 bits per heavy atom. The van der Waals surface area contributed by atoms with Crippen molar-refractivity contribution in [1.29, 1.82) is 0 Å². The lowest BCUT2D eigenvalue weighted by atomic mass is 9.99. The Bertz CT molecular complexity index is 473. The van der Waals surface area contributed by atoms with Gasteiger partial charge in [0.15, 0.2) is 6.29 Å². The molecule has 1 aliphatic heterocycles. The van der Waals surface area contributed by atoms with E-state index in [1.807, 2.05) is 6.92 Å². The third-order valence-corrected chi connectivity index (χ3v) is 5.01. The van der Waals surface area contributed by atoms with Crippen LogP contribution in [0.3, 0.4) is 0 Å². The molecule has 0 aromatic heterocycles. The highest BCUT2D eigenvalue weighted by atomic mass is 16.7. The Morgan fingerprint density at radius 2 is 1.79 bits per heavy atom. The first-order valence-corrected chi connectivity index (χ1v) is 9.97. The first kappa shape index (κ1) is 24.9. The maximum atomic E-state index is 11.8. The summed E-state index contributed by atoms with van der Waals surface area (Å²) in [7, 11) is 0. The molecule has 164 valence electrons. The van der Waals surface area contributed by atoms with Crippen molar-refractivity contribution >= 4 is 11.7 Å². The number of rotatable bonds is 13. The number of ether oxygens (including phenoxy) is 2. The van der Waals surface area contributed by atoms with E-state index in [1.165, 1.54) is 0 Å². The fourth-order valence-electron chi connectivity index (χ4n) is 2.89. The maximum Gasteiger partial charge on any atom is 0.219 e. The normalized spacial score (nSPS) is 28.7. The van der Waals surface area contributed by atoms with Crippen molar-refractivity contribution in [3.8, 4) is 0 Å². The second-order valence-corrected chi connectivity index (χ2v) is 7.38. The molecular formula is C19H35NO8. The summed E-state index contributed by atoms with van der Waals surface area (Å²) in [4.78, 5) is 22.9. The Hall–Kier alpha value is -1.10. The Morgan fingerprint density at radius 1 is 1.07 bits per heavy atom. The third-order valence-electron chi connectivity index (χ3n) is 5.01. The van der Waals surface area contributed by atoms with Gasteiger partial charge in [0.25, 0.3) is 0 Å². The highest BCUT2D eigenvalue weighted by Crippen LogP contribution is 2.22. The van der Waals surface area contributed by atoms with Gasteiger partial charge < -0.3 is 35.2 Å². The fourth-order valence-corrected chi connectivity index (χ4v) is 2.89. The summed E-state index contributed by atoms with van der Waals surface area (Å²) in [5.74, 6) is 0.210. The molecule has 0 saturated carbocycles. The number of ketones is 1. The molecule has 0 bridgehead atoms. The number of hydrogen-bond acceptors (Lipinski definition) is 8. The van der Waals surface area contributed by atoms with Crippen LogP contribution in [0.15, 0.2) is 0 Å². The van der Waals surface area contributed by atoms with Crippen LogP contribution in [0.4, 0.5) is 0 Å². The van der Waals surface area contributed by atoms with Gasteiger partial charge >= 0.3 is 0 Å². The van der Waals surface area contributed by atoms with E-state index in [4.69, 9.17) is 14.6 Å². The van der Waals surface area contributed by atoms with Crippen molar-refractivity contribution in [1.82, 2.24) is 5.32 Å². The van der Waals surface area contributed by atoms with Crippen LogP contribution in [0.5, 0.6) is 0 Å². The number of Topliss-reactive ketones (excluding diaryl/α,β-unsaturated/α-hetero) is 1. The van der Waals surface area contributed by atoms with Gasteiger partial charge in [-0.25, -0.2) is 0 Å². The average molecular weight is 405 g/mol.